The van der Waals surface area contributed by atoms with E-state index < -0.39 is 0 Å². The van der Waals surface area contributed by atoms with Gasteiger partial charge in [-0.15, -0.1) is 0 Å². The topological polar surface area (TPSA) is 0 Å². The number of rotatable bonds is 9. The van der Waals surface area contributed by atoms with Gasteiger partial charge in [0.05, 0.1) is 10.1 Å². The minimum atomic E-state index is 0.0208. The van der Waals surface area contributed by atoms with Crippen LogP contribution in [0.3, 0.4) is 0 Å². The summed E-state index contributed by atoms with van der Waals surface area (Å²) in [5, 5.41) is 0.676. The molecule has 0 nitrogen and oxygen atoms in total. The molecule has 0 aromatic carbocycles. The van der Waals surface area contributed by atoms with Gasteiger partial charge in [0, 0.05) is 0 Å². The van der Waals surface area contributed by atoms with Gasteiger partial charge in [-0.3, -0.25) is 0 Å². The summed E-state index contributed by atoms with van der Waals surface area (Å²) in [7, 11) is 0. The molecule has 0 saturated carbocycles. The molecule has 4 heteroatoms. The van der Waals surface area contributed by atoms with Gasteiger partial charge in [-0.25, -0.2) is 0 Å². The second kappa shape index (κ2) is 11.7. The molecule has 0 bridgehead atoms. The van der Waals surface area contributed by atoms with Gasteiger partial charge in [0.25, 0.3) is 0 Å². The summed E-state index contributed by atoms with van der Waals surface area (Å²) in [6, 6.07) is 0. The molecule has 0 rings (SSSR count). The van der Waals surface area contributed by atoms with Crippen LogP contribution in [0.25, 0.3) is 0 Å². The highest BCUT2D eigenvalue weighted by molar-refractivity contribution is 6.61. The molecule has 0 aliphatic rings. The lowest BCUT2D eigenvalue weighted by Crippen LogP contribution is -1.80. The summed E-state index contributed by atoms with van der Waals surface area (Å²) < 4.78 is 0.0208. The van der Waals surface area contributed by atoms with Gasteiger partial charge in [0.1, 0.15) is 4.49 Å². The Morgan fingerprint density at radius 3 is 1.88 bits per heavy atom. The third-order valence-electron chi connectivity index (χ3n) is 2.51. The second-order valence-electron chi connectivity index (χ2n) is 4.04. The molecule has 0 unspecified atom stereocenters. The smallest absolute Gasteiger partial charge is 0.0830 e. The third-order valence-corrected chi connectivity index (χ3v) is 3.91. The molecule has 0 heterocycles. The summed E-state index contributed by atoms with van der Waals surface area (Å²) in [4.78, 5) is 0. The van der Waals surface area contributed by atoms with E-state index in [0.717, 1.165) is 12.8 Å². The lowest BCUT2D eigenvalue weighted by molar-refractivity contribution is 0.592. The zero-order valence-corrected chi connectivity index (χ0v) is 13.3. The van der Waals surface area contributed by atoms with Gasteiger partial charge >= 0.3 is 0 Å². The number of unbranched alkanes of at least 4 members (excludes halogenated alkanes) is 7. The SMILES string of the molecule is CCCCCCCCC/C=C(\Cl)C(Cl)=C(Cl)Cl. The van der Waals surface area contributed by atoms with E-state index in [-0.39, 0.29) is 9.52 Å². The molecule has 0 atom stereocenters. The average molecular weight is 318 g/mol. The van der Waals surface area contributed by atoms with Crippen LogP contribution in [0.1, 0.15) is 58.3 Å². The van der Waals surface area contributed by atoms with E-state index in [1.165, 1.54) is 38.5 Å². The molecule has 0 aliphatic carbocycles. The van der Waals surface area contributed by atoms with E-state index in [1.54, 1.807) is 0 Å². The van der Waals surface area contributed by atoms with Crippen molar-refractivity contribution in [3.63, 3.8) is 0 Å². The summed E-state index contributed by atoms with van der Waals surface area (Å²) in [5.74, 6) is 0. The zero-order chi connectivity index (χ0) is 13.1. The first-order valence-corrected chi connectivity index (χ1v) is 7.67. The molecule has 0 amide bonds. The Bertz CT molecular complexity index is 252. The molecule has 0 saturated heterocycles. The van der Waals surface area contributed by atoms with Crippen LogP contribution in [0.2, 0.25) is 0 Å². The maximum Gasteiger partial charge on any atom is 0.126 e. The monoisotopic (exact) mass is 316 g/mol. The first-order valence-electron chi connectivity index (χ1n) is 6.16. The fraction of sp³-hybridized carbons (Fsp3) is 0.692. The third kappa shape index (κ3) is 10.3. The zero-order valence-electron chi connectivity index (χ0n) is 10.2. The van der Waals surface area contributed by atoms with Crippen molar-refractivity contribution in [3.8, 4) is 0 Å². The Kier molecular flexibility index (Phi) is 12.2. The predicted molar refractivity (Wildman–Crippen MR) is 81.1 cm³/mol. The Labute approximate surface area is 125 Å². The molecule has 0 aromatic heterocycles. The fourth-order valence-electron chi connectivity index (χ4n) is 1.51. The molecule has 0 aromatic rings. The highest BCUT2D eigenvalue weighted by atomic mass is 35.5. The van der Waals surface area contributed by atoms with Crippen LogP contribution in [0.5, 0.6) is 0 Å². The second-order valence-corrected chi connectivity index (χ2v) is 5.77. The van der Waals surface area contributed by atoms with Gasteiger partial charge < -0.3 is 0 Å². The highest BCUT2D eigenvalue weighted by Crippen LogP contribution is 2.28. The summed E-state index contributed by atoms with van der Waals surface area (Å²) >= 11 is 22.7. The Balaban J connectivity index is 3.57. The molecule has 0 fully saturated rings. The minimum absolute atomic E-state index is 0.0208. The van der Waals surface area contributed by atoms with Crippen LogP contribution >= 0.6 is 46.4 Å². The van der Waals surface area contributed by atoms with Gasteiger partial charge in [-0.05, 0) is 12.8 Å². The maximum atomic E-state index is 5.91. The van der Waals surface area contributed by atoms with E-state index in [4.69, 9.17) is 46.4 Å². The van der Waals surface area contributed by atoms with E-state index in [0.29, 0.717) is 5.03 Å². The summed E-state index contributed by atoms with van der Waals surface area (Å²) in [5.41, 5.74) is 0. The van der Waals surface area contributed by atoms with Crippen molar-refractivity contribution < 1.29 is 0 Å². The molecule has 100 valence electrons. The van der Waals surface area contributed by atoms with Crippen LogP contribution in [0.4, 0.5) is 0 Å². The molecule has 0 spiro atoms. The quantitative estimate of drug-likeness (QED) is 0.313. The minimum Gasteiger partial charge on any atom is -0.0830 e. The molecule has 0 N–H and O–H groups in total. The molecule has 0 aliphatic heterocycles. The van der Waals surface area contributed by atoms with Crippen molar-refractivity contribution in [1.29, 1.82) is 0 Å². The van der Waals surface area contributed by atoms with Crippen molar-refractivity contribution in [3.05, 3.63) is 20.6 Å². The van der Waals surface area contributed by atoms with Crippen molar-refractivity contribution in [1.82, 2.24) is 0 Å². The first-order chi connectivity index (χ1) is 8.09. The maximum absolute atomic E-state index is 5.91. The Morgan fingerprint density at radius 2 is 1.35 bits per heavy atom. The highest BCUT2D eigenvalue weighted by Gasteiger charge is 2.02. The number of halogens is 4. The van der Waals surface area contributed by atoms with Crippen LogP contribution in [-0.4, -0.2) is 0 Å². The predicted octanol–water partition coefficient (Wildman–Crippen LogP) is 7.14. The van der Waals surface area contributed by atoms with E-state index in [9.17, 15) is 0 Å². The van der Waals surface area contributed by atoms with E-state index in [2.05, 4.69) is 6.92 Å². The van der Waals surface area contributed by atoms with Crippen LogP contribution < -0.4 is 0 Å². The number of hydrogen-bond acceptors (Lipinski definition) is 0. The van der Waals surface area contributed by atoms with Crippen LogP contribution in [0.15, 0.2) is 20.6 Å². The first kappa shape index (κ1) is 17.6. The number of allylic oxidation sites excluding steroid dienone is 3. The fourth-order valence-corrected chi connectivity index (χ4v) is 2.09. The lowest BCUT2D eigenvalue weighted by Gasteiger charge is -2.00. The normalized spacial score (nSPS) is 11.7. The van der Waals surface area contributed by atoms with Gasteiger partial charge in [0.15, 0.2) is 0 Å². The van der Waals surface area contributed by atoms with Crippen molar-refractivity contribution in [2.24, 2.45) is 0 Å². The molecule has 0 radical (unpaired) electrons. The summed E-state index contributed by atoms with van der Waals surface area (Å²) in [6.45, 7) is 2.23. The van der Waals surface area contributed by atoms with Crippen LogP contribution in [-0.2, 0) is 0 Å². The van der Waals surface area contributed by atoms with E-state index >= 15 is 0 Å². The van der Waals surface area contributed by atoms with Gasteiger partial charge in [-0.1, -0.05) is 97.9 Å². The number of hydrogen-bond donors (Lipinski definition) is 0. The average Bonchev–Trinajstić information content (AvgIpc) is 2.31. The molecule has 17 heavy (non-hydrogen) atoms. The standard InChI is InChI=1S/C13H20Cl4/c1-2-3-4-5-6-7-8-9-10-11(14)12(15)13(16)17/h10H,2-9H2,1H3/b11-10-. The lowest BCUT2D eigenvalue weighted by atomic mass is 10.1. The van der Waals surface area contributed by atoms with Crippen molar-refractivity contribution >= 4 is 46.4 Å². The Morgan fingerprint density at radius 1 is 0.824 bits per heavy atom. The van der Waals surface area contributed by atoms with E-state index in [1.807, 2.05) is 6.08 Å². The van der Waals surface area contributed by atoms with Crippen LogP contribution in [0, 0.1) is 0 Å². The van der Waals surface area contributed by atoms with Gasteiger partial charge in [-0.2, -0.15) is 0 Å². The molecular formula is C13H20Cl4. The Hall–Kier alpha value is 0.640. The summed E-state index contributed by atoms with van der Waals surface area (Å²) in [6.07, 6.45) is 11.8. The van der Waals surface area contributed by atoms with Crippen molar-refractivity contribution in [2.75, 3.05) is 0 Å². The van der Waals surface area contributed by atoms with Gasteiger partial charge in [0.2, 0.25) is 0 Å². The van der Waals surface area contributed by atoms with Crippen molar-refractivity contribution in [2.45, 2.75) is 58.3 Å². The molecular weight excluding hydrogens is 298 g/mol. The largest absolute Gasteiger partial charge is 0.126 e.